The molecule has 6 nitrogen and oxygen atoms in total. The summed E-state index contributed by atoms with van der Waals surface area (Å²) in [7, 11) is 0. The summed E-state index contributed by atoms with van der Waals surface area (Å²) in [6.45, 7) is 3.06. The van der Waals surface area contributed by atoms with E-state index < -0.39 is 18.0 Å². The first-order chi connectivity index (χ1) is 12.9. The fourth-order valence-electron chi connectivity index (χ4n) is 2.56. The Morgan fingerprint density at radius 2 is 1.78 bits per heavy atom. The second-order valence-electron chi connectivity index (χ2n) is 6.17. The lowest BCUT2D eigenvalue weighted by Crippen LogP contribution is -2.31. The predicted molar refractivity (Wildman–Crippen MR) is 101 cm³/mol. The minimum Gasteiger partial charge on any atom is -0.488 e. The molecule has 1 atom stereocenters. The Labute approximate surface area is 156 Å². The summed E-state index contributed by atoms with van der Waals surface area (Å²) in [6, 6.07) is 13.8. The topological polar surface area (TPSA) is 81.7 Å². The first-order valence-corrected chi connectivity index (χ1v) is 8.49. The molecule has 1 aliphatic heterocycles. The molecule has 0 radical (unpaired) electrons. The molecule has 0 bridgehead atoms. The van der Waals surface area contributed by atoms with E-state index in [1.807, 2.05) is 24.3 Å². The monoisotopic (exact) mass is 365 g/mol. The molecule has 0 aromatic heterocycles. The lowest BCUT2D eigenvalue weighted by atomic mass is 10.1. The molecule has 1 N–H and O–H groups in total. The maximum Gasteiger partial charge on any atom is 0.338 e. The van der Waals surface area contributed by atoms with Crippen LogP contribution in [-0.2, 0) is 14.3 Å². The highest BCUT2D eigenvalue weighted by Crippen LogP contribution is 2.26. The number of anilines is 1. The molecule has 1 heterocycles. The number of para-hydroxylation sites is 1. The van der Waals surface area contributed by atoms with E-state index >= 15 is 0 Å². The van der Waals surface area contributed by atoms with Gasteiger partial charge >= 0.3 is 5.97 Å². The van der Waals surface area contributed by atoms with Gasteiger partial charge in [-0.1, -0.05) is 18.2 Å². The van der Waals surface area contributed by atoms with Crippen LogP contribution in [0.5, 0.6) is 5.75 Å². The van der Waals surface area contributed by atoms with Crippen molar-refractivity contribution in [1.29, 1.82) is 0 Å². The normalized spacial score (nSPS) is 13.5. The molecule has 0 saturated heterocycles. The van der Waals surface area contributed by atoms with Crippen LogP contribution in [0.1, 0.15) is 29.8 Å². The van der Waals surface area contributed by atoms with Crippen LogP contribution in [0.25, 0.3) is 6.08 Å². The smallest absolute Gasteiger partial charge is 0.338 e. The number of fused-ring (bicyclic) bond motifs is 1. The Morgan fingerprint density at radius 1 is 1.07 bits per heavy atom. The van der Waals surface area contributed by atoms with Crippen LogP contribution in [0.2, 0.25) is 0 Å². The number of hydrogen-bond acceptors (Lipinski definition) is 5. The summed E-state index contributed by atoms with van der Waals surface area (Å²) in [4.78, 5) is 35.8. The molecular weight excluding hydrogens is 346 g/mol. The van der Waals surface area contributed by atoms with E-state index in [-0.39, 0.29) is 12.4 Å². The number of ketones is 1. The zero-order valence-electron chi connectivity index (χ0n) is 15.0. The van der Waals surface area contributed by atoms with Gasteiger partial charge in [0.1, 0.15) is 12.4 Å². The number of benzene rings is 2. The Bertz CT molecular complexity index is 914. The Balaban J connectivity index is 1.60. The van der Waals surface area contributed by atoms with E-state index in [0.29, 0.717) is 22.6 Å². The molecule has 3 rings (SSSR count). The maximum absolute atomic E-state index is 12.3. The van der Waals surface area contributed by atoms with Crippen LogP contribution in [-0.4, -0.2) is 30.4 Å². The number of hydrogen-bond donors (Lipinski definition) is 1. The third-order valence-electron chi connectivity index (χ3n) is 4.11. The van der Waals surface area contributed by atoms with Crippen molar-refractivity contribution >= 4 is 29.4 Å². The van der Waals surface area contributed by atoms with E-state index in [9.17, 15) is 14.4 Å². The summed E-state index contributed by atoms with van der Waals surface area (Å²) in [5.41, 5.74) is 2.21. The second kappa shape index (κ2) is 7.86. The third-order valence-corrected chi connectivity index (χ3v) is 4.11. The summed E-state index contributed by atoms with van der Waals surface area (Å²) in [6.07, 6.45) is 0.717. The predicted octanol–water partition coefficient (Wildman–Crippen LogP) is 3.24. The highest BCUT2D eigenvalue weighted by atomic mass is 16.6. The molecule has 1 amide bonds. The molecule has 0 saturated carbocycles. The average Bonchev–Trinajstić information content (AvgIpc) is 2.67. The van der Waals surface area contributed by atoms with Gasteiger partial charge in [0.25, 0.3) is 5.91 Å². The third kappa shape index (κ3) is 4.41. The van der Waals surface area contributed by atoms with Gasteiger partial charge in [0.05, 0.1) is 5.57 Å². The lowest BCUT2D eigenvalue weighted by molar-refractivity contribution is -0.149. The van der Waals surface area contributed by atoms with Gasteiger partial charge < -0.3 is 14.8 Å². The minimum atomic E-state index is -0.983. The molecule has 1 aliphatic rings. The van der Waals surface area contributed by atoms with Crippen molar-refractivity contribution in [3.05, 3.63) is 65.2 Å². The van der Waals surface area contributed by atoms with Gasteiger partial charge in [-0.25, -0.2) is 4.79 Å². The molecule has 2 aromatic rings. The molecular formula is C21H19NO5. The van der Waals surface area contributed by atoms with Gasteiger partial charge in [0.15, 0.2) is 11.9 Å². The summed E-state index contributed by atoms with van der Waals surface area (Å²) in [5, 5.41) is 2.65. The van der Waals surface area contributed by atoms with Gasteiger partial charge in [-0.15, -0.1) is 0 Å². The fraction of sp³-hybridized carbons (Fsp3) is 0.190. The number of esters is 1. The van der Waals surface area contributed by atoms with Crippen LogP contribution >= 0.6 is 0 Å². The van der Waals surface area contributed by atoms with E-state index in [1.54, 1.807) is 30.3 Å². The first-order valence-electron chi connectivity index (χ1n) is 8.49. The number of amides is 1. The zero-order valence-corrected chi connectivity index (χ0v) is 15.0. The fourth-order valence-corrected chi connectivity index (χ4v) is 2.56. The zero-order chi connectivity index (χ0) is 19.4. The highest BCUT2D eigenvalue weighted by molar-refractivity contribution is 6.00. The number of Topliss-reactive ketones (excluding diaryl/α,β-unsaturated/α-hetero) is 1. The summed E-state index contributed by atoms with van der Waals surface area (Å²) < 4.78 is 10.8. The van der Waals surface area contributed by atoms with Crippen molar-refractivity contribution in [2.24, 2.45) is 0 Å². The van der Waals surface area contributed by atoms with Gasteiger partial charge in [-0.2, -0.15) is 0 Å². The molecule has 0 spiro atoms. The standard InChI is InChI=1S/C21H19NO5/c1-13(23)15-7-9-18(10-8-15)22-20(24)14(2)27-21(25)17-11-16-5-3-4-6-19(16)26-12-17/h3-11,14H,12H2,1-2H3,(H,22,24)/t14-/m1/s1. The molecule has 138 valence electrons. The van der Waals surface area contributed by atoms with Crippen molar-refractivity contribution in [2.75, 3.05) is 11.9 Å². The minimum absolute atomic E-state index is 0.0558. The molecule has 0 fully saturated rings. The van der Waals surface area contributed by atoms with Crippen molar-refractivity contribution in [1.82, 2.24) is 0 Å². The van der Waals surface area contributed by atoms with Crippen LogP contribution in [0.3, 0.4) is 0 Å². The number of nitrogens with one attached hydrogen (secondary N) is 1. The number of carbonyl (C=O) groups is 3. The lowest BCUT2D eigenvalue weighted by Gasteiger charge is -2.19. The Kier molecular flexibility index (Phi) is 5.35. The van der Waals surface area contributed by atoms with Crippen molar-refractivity contribution < 1.29 is 23.9 Å². The summed E-state index contributed by atoms with van der Waals surface area (Å²) in [5.74, 6) is -0.413. The highest BCUT2D eigenvalue weighted by Gasteiger charge is 2.23. The maximum atomic E-state index is 12.3. The summed E-state index contributed by atoms with van der Waals surface area (Å²) >= 11 is 0. The first kappa shape index (κ1) is 18.4. The van der Waals surface area contributed by atoms with Crippen LogP contribution in [0, 0.1) is 0 Å². The molecule has 0 unspecified atom stereocenters. The largest absolute Gasteiger partial charge is 0.488 e. The van der Waals surface area contributed by atoms with Crippen LogP contribution in [0.15, 0.2) is 54.1 Å². The SMILES string of the molecule is CC(=O)c1ccc(NC(=O)[C@@H](C)OC(=O)C2=Cc3ccccc3OC2)cc1. The van der Waals surface area contributed by atoms with E-state index in [0.717, 1.165) is 5.56 Å². The van der Waals surface area contributed by atoms with Crippen molar-refractivity contribution in [3.8, 4) is 5.75 Å². The number of carbonyl (C=O) groups excluding carboxylic acids is 3. The number of rotatable bonds is 5. The van der Waals surface area contributed by atoms with Gasteiger partial charge in [0, 0.05) is 16.8 Å². The molecule has 2 aromatic carbocycles. The van der Waals surface area contributed by atoms with E-state index in [4.69, 9.17) is 9.47 Å². The quantitative estimate of drug-likeness (QED) is 0.650. The van der Waals surface area contributed by atoms with Gasteiger partial charge in [-0.05, 0) is 50.3 Å². The molecule has 0 aliphatic carbocycles. The van der Waals surface area contributed by atoms with Crippen molar-refractivity contribution in [3.63, 3.8) is 0 Å². The second-order valence-corrected chi connectivity index (χ2v) is 6.17. The van der Waals surface area contributed by atoms with Crippen LogP contribution < -0.4 is 10.1 Å². The molecule has 27 heavy (non-hydrogen) atoms. The molecule has 6 heteroatoms. The Morgan fingerprint density at radius 3 is 2.48 bits per heavy atom. The van der Waals surface area contributed by atoms with E-state index in [2.05, 4.69) is 5.32 Å². The van der Waals surface area contributed by atoms with Gasteiger partial charge in [0.2, 0.25) is 0 Å². The van der Waals surface area contributed by atoms with Crippen LogP contribution in [0.4, 0.5) is 5.69 Å². The number of ether oxygens (including phenoxy) is 2. The average molecular weight is 365 g/mol. The van der Waals surface area contributed by atoms with Crippen molar-refractivity contribution in [2.45, 2.75) is 20.0 Å². The van der Waals surface area contributed by atoms with Gasteiger partial charge in [-0.3, -0.25) is 9.59 Å². The van der Waals surface area contributed by atoms with E-state index in [1.165, 1.54) is 13.8 Å². The Hall–Kier alpha value is -3.41.